The van der Waals surface area contributed by atoms with Gasteiger partial charge >= 0.3 is 0 Å². The molecule has 0 aliphatic heterocycles. The fourth-order valence-corrected chi connectivity index (χ4v) is 3.41. The average molecular weight is 362 g/mol. The lowest BCUT2D eigenvalue weighted by atomic mass is 10.4. The zero-order chi connectivity index (χ0) is 12.6. The molecule has 1 aromatic carbocycles. The van der Waals surface area contributed by atoms with Gasteiger partial charge in [0.2, 0.25) is 0 Å². The molecule has 1 aromatic heterocycles. The average Bonchev–Trinajstić information content (AvgIpc) is 2.59. The van der Waals surface area contributed by atoms with E-state index in [1.54, 1.807) is 44.2 Å². The van der Waals surface area contributed by atoms with E-state index in [1.807, 2.05) is 0 Å². The Hall–Kier alpha value is -0.890. The molecule has 0 bridgehead atoms. The second-order valence-corrected chi connectivity index (χ2v) is 6.49. The molecule has 0 fully saturated rings. The lowest BCUT2D eigenvalue weighted by molar-refractivity contribution is 0.577. The minimum absolute atomic E-state index is 0.252. The molecule has 0 atom stereocenters. The molecular weight excluding hydrogens is 351 g/mol. The number of aryl methyl sites for hydroxylation is 1. The van der Waals surface area contributed by atoms with Crippen molar-refractivity contribution >= 4 is 32.6 Å². The Balaban J connectivity index is 2.65. The molecule has 0 saturated carbocycles. The van der Waals surface area contributed by atoms with Gasteiger partial charge in [0, 0.05) is 0 Å². The van der Waals surface area contributed by atoms with E-state index in [1.165, 1.54) is 0 Å². The standard InChI is InChI=1S/C11H11IN2O2S/c1-8-11(12)9(2)14(13-8)17(15,16)10-6-4-3-5-7-10/h3-7H,1-2H3. The number of nitrogens with zero attached hydrogens (tertiary/aromatic N) is 2. The van der Waals surface area contributed by atoms with Gasteiger partial charge in [-0.25, -0.2) is 0 Å². The van der Waals surface area contributed by atoms with Crippen molar-refractivity contribution in [1.82, 2.24) is 9.19 Å². The Morgan fingerprint density at radius 3 is 2.24 bits per heavy atom. The molecule has 1 heterocycles. The zero-order valence-corrected chi connectivity index (χ0v) is 12.4. The maximum Gasteiger partial charge on any atom is 0.283 e. The molecule has 0 radical (unpaired) electrons. The van der Waals surface area contributed by atoms with Crippen LogP contribution in [-0.4, -0.2) is 17.6 Å². The van der Waals surface area contributed by atoms with Crippen molar-refractivity contribution in [2.45, 2.75) is 18.7 Å². The summed E-state index contributed by atoms with van der Waals surface area (Å²) >= 11 is 2.10. The van der Waals surface area contributed by atoms with Crippen molar-refractivity contribution in [3.8, 4) is 0 Å². The van der Waals surface area contributed by atoms with Gasteiger partial charge in [0.15, 0.2) is 0 Å². The van der Waals surface area contributed by atoms with Crippen molar-refractivity contribution in [3.63, 3.8) is 0 Å². The third kappa shape index (κ3) is 2.11. The van der Waals surface area contributed by atoms with Crippen LogP contribution in [0.1, 0.15) is 11.4 Å². The summed E-state index contributed by atoms with van der Waals surface area (Å²) in [5.41, 5.74) is 1.37. The molecule has 90 valence electrons. The second kappa shape index (κ2) is 4.41. The number of hydrogen-bond acceptors (Lipinski definition) is 3. The van der Waals surface area contributed by atoms with E-state index in [9.17, 15) is 8.42 Å². The van der Waals surface area contributed by atoms with Crippen LogP contribution in [0.15, 0.2) is 35.2 Å². The summed E-state index contributed by atoms with van der Waals surface area (Å²) in [6.07, 6.45) is 0. The van der Waals surface area contributed by atoms with Crippen molar-refractivity contribution in [1.29, 1.82) is 0 Å². The predicted octanol–water partition coefficient (Wildman–Crippen LogP) is 2.34. The van der Waals surface area contributed by atoms with Crippen LogP contribution in [0.2, 0.25) is 0 Å². The number of hydrogen-bond donors (Lipinski definition) is 0. The molecule has 0 aliphatic carbocycles. The predicted molar refractivity (Wildman–Crippen MR) is 73.4 cm³/mol. The quantitative estimate of drug-likeness (QED) is 0.771. The highest BCUT2D eigenvalue weighted by molar-refractivity contribution is 14.1. The maximum absolute atomic E-state index is 12.3. The third-order valence-corrected chi connectivity index (χ3v) is 5.67. The number of benzene rings is 1. The Bertz CT molecular complexity index is 648. The Morgan fingerprint density at radius 1 is 1.18 bits per heavy atom. The summed E-state index contributed by atoms with van der Waals surface area (Å²) in [5.74, 6) is 0. The van der Waals surface area contributed by atoms with Crippen LogP contribution in [0.25, 0.3) is 0 Å². The highest BCUT2D eigenvalue weighted by atomic mass is 127. The van der Waals surface area contributed by atoms with E-state index >= 15 is 0 Å². The molecule has 0 spiro atoms. The lowest BCUT2D eigenvalue weighted by Gasteiger charge is -2.05. The molecule has 0 unspecified atom stereocenters. The normalized spacial score (nSPS) is 11.7. The Kier molecular flexibility index (Phi) is 3.26. The summed E-state index contributed by atoms with van der Waals surface area (Å²) in [5, 5.41) is 4.08. The van der Waals surface area contributed by atoms with Gasteiger partial charge in [-0.1, -0.05) is 18.2 Å². The molecule has 17 heavy (non-hydrogen) atoms. The largest absolute Gasteiger partial charge is 0.283 e. The molecule has 2 aromatic rings. The van der Waals surface area contributed by atoms with Gasteiger partial charge in [-0.15, -0.1) is 0 Å². The molecule has 0 amide bonds. The number of halogens is 1. The van der Waals surface area contributed by atoms with Crippen molar-refractivity contribution in [2.24, 2.45) is 0 Å². The van der Waals surface area contributed by atoms with E-state index < -0.39 is 10.0 Å². The molecule has 4 nitrogen and oxygen atoms in total. The van der Waals surface area contributed by atoms with Gasteiger partial charge in [-0.3, -0.25) is 0 Å². The van der Waals surface area contributed by atoms with Crippen LogP contribution >= 0.6 is 22.6 Å². The van der Waals surface area contributed by atoms with E-state index in [4.69, 9.17) is 0 Å². The first kappa shape index (κ1) is 12.6. The van der Waals surface area contributed by atoms with Crippen LogP contribution in [0.4, 0.5) is 0 Å². The molecule has 2 rings (SSSR count). The Morgan fingerprint density at radius 2 is 1.76 bits per heavy atom. The topological polar surface area (TPSA) is 52.0 Å². The van der Waals surface area contributed by atoms with Crippen molar-refractivity contribution in [3.05, 3.63) is 45.3 Å². The van der Waals surface area contributed by atoms with Gasteiger partial charge in [0.1, 0.15) is 0 Å². The zero-order valence-electron chi connectivity index (χ0n) is 9.38. The SMILES string of the molecule is Cc1nn(S(=O)(=O)c2ccccc2)c(C)c1I. The fraction of sp³-hybridized carbons (Fsp3) is 0.182. The molecule has 6 heteroatoms. The summed E-state index contributed by atoms with van der Waals surface area (Å²) in [7, 11) is -3.57. The summed E-state index contributed by atoms with van der Waals surface area (Å²) in [6.45, 7) is 3.55. The second-order valence-electron chi connectivity index (χ2n) is 3.65. The lowest BCUT2D eigenvalue weighted by Crippen LogP contribution is -2.16. The van der Waals surface area contributed by atoms with Gasteiger partial charge in [-0.2, -0.15) is 17.6 Å². The summed E-state index contributed by atoms with van der Waals surface area (Å²) < 4.78 is 26.6. The first-order valence-electron chi connectivity index (χ1n) is 4.97. The van der Waals surface area contributed by atoms with Crippen LogP contribution in [0.3, 0.4) is 0 Å². The van der Waals surface area contributed by atoms with E-state index in [0.29, 0.717) is 5.69 Å². The van der Waals surface area contributed by atoms with Crippen molar-refractivity contribution < 1.29 is 8.42 Å². The van der Waals surface area contributed by atoms with E-state index in [2.05, 4.69) is 27.7 Å². The first-order chi connectivity index (χ1) is 7.94. The monoisotopic (exact) mass is 362 g/mol. The van der Waals surface area contributed by atoms with E-state index in [0.717, 1.165) is 13.4 Å². The van der Waals surface area contributed by atoms with Crippen LogP contribution in [-0.2, 0) is 10.0 Å². The highest BCUT2D eigenvalue weighted by Crippen LogP contribution is 2.20. The molecular formula is C11H11IN2O2S. The van der Waals surface area contributed by atoms with Crippen LogP contribution in [0.5, 0.6) is 0 Å². The van der Waals surface area contributed by atoms with Gasteiger partial charge < -0.3 is 0 Å². The smallest absolute Gasteiger partial charge is 0.199 e. The summed E-state index contributed by atoms with van der Waals surface area (Å²) in [6, 6.07) is 8.31. The first-order valence-corrected chi connectivity index (χ1v) is 7.49. The van der Waals surface area contributed by atoms with E-state index in [-0.39, 0.29) is 4.90 Å². The fourth-order valence-electron chi connectivity index (χ4n) is 1.53. The molecule has 0 N–H and O–H groups in total. The minimum atomic E-state index is -3.57. The minimum Gasteiger partial charge on any atom is -0.199 e. The van der Waals surface area contributed by atoms with Gasteiger partial charge in [0.25, 0.3) is 10.0 Å². The van der Waals surface area contributed by atoms with Gasteiger partial charge in [-0.05, 0) is 48.6 Å². The van der Waals surface area contributed by atoms with Crippen LogP contribution < -0.4 is 0 Å². The maximum atomic E-state index is 12.3. The number of aromatic nitrogens is 2. The van der Waals surface area contributed by atoms with Crippen molar-refractivity contribution in [2.75, 3.05) is 0 Å². The molecule has 0 saturated heterocycles. The molecule has 0 aliphatic rings. The summed E-state index contributed by atoms with van der Waals surface area (Å²) in [4.78, 5) is 0.252. The van der Waals surface area contributed by atoms with Gasteiger partial charge in [0.05, 0.1) is 19.9 Å². The Labute approximate surface area is 114 Å². The number of rotatable bonds is 2. The van der Waals surface area contributed by atoms with Crippen LogP contribution in [0, 0.1) is 17.4 Å². The highest BCUT2D eigenvalue weighted by Gasteiger charge is 2.22. The third-order valence-electron chi connectivity index (χ3n) is 2.43.